The van der Waals surface area contributed by atoms with Gasteiger partial charge in [0, 0.05) is 20.1 Å². The summed E-state index contributed by atoms with van der Waals surface area (Å²) in [7, 11) is 1.63. The summed E-state index contributed by atoms with van der Waals surface area (Å²) in [5, 5.41) is 8.73. The van der Waals surface area contributed by atoms with Crippen LogP contribution in [0.5, 0.6) is 0 Å². The van der Waals surface area contributed by atoms with E-state index in [0.29, 0.717) is 18.7 Å². The molecule has 0 saturated carbocycles. The summed E-state index contributed by atoms with van der Waals surface area (Å²) in [6, 6.07) is 8.93. The van der Waals surface area contributed by atoms with E-state index in [0.717, 1.165) is 5.56 Å². The van der Waals surface area contributed by atoms with Crippen LogP contribution in [0.15, 0.2) is 24.3 Å². The predicted octanol–water partition coefficient (Wildman–Crippen LogP) is 1.43. The van der Waals surface area contributed by atoms with Crippen molar-refractivity contribution in [3.05, 3.63) is 35.4 Å². The zero-order valence-electron chi connectivity index (χ0n) is 12.8. The van der Waals surface area contributed by atoms with Gasteiger partial charge in [-0.1, -0.05) is 12.1 Å². The minimum atomic E-state index is -0.111. The molecule has 0 aliphatic rings. The maximum absolute atomic E-state index is 12.1. The van der Waals surface area contributed by atoms with Gasteiger partial charge in [-0.15, -0.1) is 0 Å². The highest BCUT2D eigenvalue weighted by atomic mass is 16.2. The summed E-state index contributed by atoms with van der Waals surface area (Å²) in [4.78, 5) is 27.2. The molecular weight excluding hydrogens is 266 g/mol. The summed E-state index contributed by atoms with van der Waals surface area (Å²) >= 11 is 0. The first kappa shape index (κ1) is 16.7. The van der Waals surface area contributed by atoms with Gasteiger partial charge in [0.15, 0.2) is 0 Å². The number of hydrogen-bond donors (Lipinski definition) is 0. The van der Waals surface area contributed by atoms with Crippen molar-refractivity contribution >= 4 is 11.8 Å². The average Bonchev–Trinajstić information content (AvgIpc) is 2.49. The Kier molecular flexibility index (Phi) is 6.41. The van der Waals surface area contributed by atoms with Crippen molar-refractivity contribution in [1.82, 2.24) is 9.80 Å². The van der Waals surface area contributed by atoms with Crippen molar-refractivity contribution in [1.29, 1.82) is 5.26 Å². The van der Waals surface area contributed by atoms with E-state index < -0.39 is 0 Å². The topological polar surface area (TPSA) is 64.4 Å². The molecule has 0 fully saturated rings. The van der Waals surface area contributed by atoms with Crippen LogP contribution in [-0.2, 0) is 16.0 Å². The summed E-state index contributed by atoms with van der Waals surface area (Å²) < 4.78 is 0. The molecule has 0 aliphatic heterocycles. The van der Waals surface area contributed by atoms with Crippen molar-refractivity contribution in [2.45, 2.75) is 20.3 Å². The van der Waals surface area contributed by atoms with Crippen molar-refractivity contribution < 1.29 is 9.59 Å². The number of nitrogens with zero attached hydrogens (tertiary/aromatic N) is 3. The standard InChI is InChI=1S/C16H21N3O2/c1-4-19(5-2)16(21)12-18(3)15(20)10-13-6-8-14(11-17)9-7-13/h6-9H,4-5,10,12H2,1-3H3. The summed E-state index contributed by atoms with van der Waals surface area (Å²) in [5.41, 5.74) is 1.40. The molecular formula is C16H21N3O2. The Hall–Kier alpha value is -2.35. The Morgan fingerprint density at radius 2 is 1.67 bits per heavy atom. The molecule has 1 aromatic carbocycles. The number of likely N-dealkylation sites (N-methyl/N-ethyl adjacent to an activating group) is 2. The van der Waals surface area contributed by atoms with E-state index in [-0.39, 0.29) is 24.8 Å². The fraction of sp³-hybridized carbons (Fsp3) is 0.438. The molecule has 0 spiro atoms. The fourth-order valence-electron chi connectivity index (χ4n) is 1.97. The molecule has 5 heteroatoms. The Bertz CT molecular complexity index is 527. The van der Waals surface area contributed by atoms with Crippen molar-refractivity contribution in [3.63, 3.8) is 0 Å². The highest BCUT2D eigenvalue weighted by molar-refractivity contribution is 5.85. The minimum absolute atomic E-state index is 0.0457. The first-order valence-electron chi connectivity index (χ1n) is 7.02. The number of hydrogen-bond acceptors (Lipinski definition) is 3. The molecule has 112 valence electrons. The SMILES string of the molecule is CCN(CC)C(=O)CN(C)C(=O)Cc1ccc(C#N)cc1. The van der Waals surface area contributed by atoms with E-state index >= 15 is 0 Å². The maximum atomic E-state index is 12.1. The highest BCUT2D eigenvalue weighted by Crippen LogP contribution is 2.06. The van der Waals surface area contributed by atoms with Gasteiger partial charge >= 0.3 is 0 Å². The van der Waals surface area contributed by atoms with Crippen molar-refractivity contribution in [3.8, 4) is 6.07 Å². The van der Waals surface area contributed by atoms with Gasteiger partial charge in [0.2, 0.25) is 11.8 Å². The van der Waals surface area contributed by atoms with E-state index in [1.54, 1.807) is 36.2 Å². The second-order valence-corrected chi connectivity index (χ2v) is 4.80. The molecule has 0 heterocycles. The third-order valence-corrected chi connectivity index (χ3v) is 3.35. The normalized spacial score (nSPS) is 9.81. The number of nitriles is 1. The summed E-state index contributed by atoms with van der Waals surface area (Å²) in [6.07, 6.45) is 0.230. The van der Waals surface area contributed by atoms with Crippen LogP contribution in [0.3, 0.4) is 0 Å². The zero-order chi connectivity index (χ0) is 15.8. The van der Waals surface area contributed by atoms with Crippen LogP contribution in [0.2, 0.25) is 0 Å². The monoisotopic (exact) mass is 287 g/mol. The van der Waals surface area contributed by atoms with E-state index in [1.165, 1.54) is 4.90 Å². The van der Waals surface area contributed by atoms with Crippen molar-refractivity contribution in [2.75, 3.05) is 26.7 Å². The van der Waals surface area contributed by atoms with Gasteiger partial charge in [-0.25, -0.2) is 0 Å². The largest absolute Gasteiger partial charge is 0.342 e. The van der Waals surface area contributed by atoms with Gasteiger partial charge in [-0.2, -0.15) is 5.26 Å². The number of benzene rings is 1. The predicted molar refractivity (Wildman–Crippen MR) is 80.4 cm³/mol. The highest BCUT2D eigenvalue weighted by Gasteiger charge is 2.16. The average molecular weight is 287 g/mol. The lowest BCUT2D eigenvalue weighted by Crippen LogP contribution is -2.41. The van der Waals surface area contributed by atoms with Crippen LogP contribution >= 0.6 is 0 Å². The molecule has 0 saturated heterocycles. The van der Waals surface area contributed by atoms with Gasteiger partial charge in [-0.05, 0) is 31.5 Å². The van der Waals surface area contributed by atoms with Crippen LogP contribution in [-0.4, -0.2) is 48.3 Å². The van der Waals surface area contributed by atoms with E-state index in [9.17, 15) is 9.59 Å². The molecule has 0 radical (unpaired) electrons. The lowest BCUT2D eigenvalue weighted by molar-refractivity contribution is -0.138. The van der Waals surface area contributed by atoms with Crippen LogP contribution in [0.25, 0.3) is 0 Å². The Morgan fingerprint density at radius 1 is 1.10 bits per heavy atom. The smallest absolute Gasteiger partial charge is 0.242 e. The van der Waals surface area contributed by atoms with Crippen LogP contribution in [0, 0.1) is 11.3 Å². The summed E-state index contributed by atoms with van der Waals surface area (Å²) in [5.74, 6) is -0.157. The molecule has 21 heavy (non-hydrogen) atoms. The molecule has 5 nitrogen and oxygen atoms in total. The quantitative estimate of drug-likeness (QED) is 0.795. The molecule has 2 amide bonds. The van der Waals surface area contributed by atoms with Gasteiger partial charge < -0.3 is 9.80 Å². The molecule has 0 aliphatic carbocycles. The molecule has 1 rings (SSSR count). The first-order valence-corrected chi connectivity index (χ1v) is 7.02. The summed E-state index contributed by atoms with van der Waals surface area (Å²) in [6.45, 7) is 5.22. The molecule has 0 atom stereocenters. The third kappa shape index (κ3) is 4.92. The second-order valence-electron chi connectivity index (χ2n) is 4.80. The number of amides is 2. The minimum Gasteiger partial charge on any atom is -0.342 e. The molecule has 1 aromatic rings. The molecule has 0 bridgehead atoms. The van der Waals surface area contributed by atoms with Gasteiger partial charge in [0.25, 0.3) is 0 Å². The lowest BCUT2D eigenvalue weighted by atomic mass is 10.1. The Labute approximate surface area is 125 Å². The zero-order valence-corrected chi connectivity index (χ0v) is 12.8. The van der Waals surface area contributed by atoms with Gasteiger partial charge in [0.05, 0.1) is 24.6 Å². The van der Waals surface area contributed by atoms with E-state index in [1.807, 2.05) is 19.9 Å². The van der Waals surface area contributed by atoms with Gasteiger partial charge in [0.1, 0.15) is 0 Å². The Morgan fingerprint density at radius 3 is 2.14 bits per heavy atom. The molecule has 0 unspecified atom stereocenters. The lowest BCUT2D eigenvalue weighted by Gasteiger charge is -2.23. The van der Waals surface area contributed by atoms with Crippen LogP contribution < -0.4 is 0 Å². The number of rotatable bonds is 6. The molecule has 0 aromatic heterocycles. The second kappa shape index (κ2) is 8.05. The fourth-order valence-corrected chi connectivity index (χ4v) is 1.97. The van der Waals surface area contributed by atoms with Crippen LogP contribution in [0.1, 0.15) is 25.0 Å². The van der Waals surface area contributed by atoms with Crippen molar-refractivity contribution in [2.24, 2.45) is 0 Å². The van der Waals surface area contributed by atoms with Gasteiger partial charge in [-0.3, -0.25) is 9.59 Å². The third-order valence-electron chi connectivity index (χ3n) is 3.35. The van der Waals surface area contributed by atoms with E-state index in [2.05, 4.69) is 0 Å². The number of carbonyl (C=O) groups is 2. The van der Waals surface area contributed by atoms with Crippen LogP contribution in [0.4, 0.5) is 0 Å². The first-order chi connectivity index (χ1) is 10.0. The number of carbonyl (C=O) groups excluding carboxylic acids is 2. The maximum Gasteiger partial charge on any atom is 0.242 e. The van der Waals surface area contributed by atoms with E-state index in [4.69, 9.17) is 5.26 Å². The molecule has 0 N–H and O–H groups in total. The Balaban J connectivity index is 2.58.